The number of hydrogen-bond donors (Lipinski definition) is 5. The monoisotopic (exact) mass is 770 g/mol. The van der Waals surface area contributed by atoms with E-state index in [2.05, 4.69) is 11.1 Å². The lowest BCUT2D eigenvalue weighted by molar-refractivity contribution is -0.158. The molecule has 1 heterocycles. The molecule has 0 aliphatic heterocycles. The predicted octanol–water partition coefficient (Wildman–Crippen LogP) is 5.05. The molecule has 0 unspecified atom stereocenters. The van der Waals surface area contributed by atoms with Gasteiger partial charge < -0.3 is 44.7 Å². The maximum absolute atomic E-state index is 13.2. The molecule has 1 amide bonds. The van der Waals surface area contributed by atoms with Crippen molar-refractivity contribution in [3.8, 4) is 16.9 Å². The number of ketones is 1. The second-order valence-electron chi connectivity index (χ2n) is 14.0. The summed E-state index contributed by atoms with van der Waals surface area (Å²) in [6.07, 6.45) is 3.22. The van der Waals surface area contributed by atoms with Gasteiger partial charge in [0.1, 0.15) is 29.8 Å². The molecule has 2 saturated carbocycles. The first-order chi connectivity index (χ1) is 25.5. The molecule has 1 aromatic heterocycles. The molecule has 0 bridgehead atoms. The van der Waals surface area contributed by atoms with Gasteiger partial charge in [-0.15, -0.1) is 11.8 Å². The van der Waals surface area contributed by atoms with Gasteiger partial charge in [0.15, 0.2) is 6.10 Å². The Hall–Kier alpha value is -3.07. The molecule has 0 radical (unpaired) electrons. The van der Waals surface area contributed by atoms with Crippen molar-refractivity contribution in [3.63, 3.8) is 0 Å². The molecule has 0 saturated heterocycles. The van der Waals surface area contributed by atoms with Crippen molar-refractivity contribution in [3.05, 3.63) is 77.1 Å². The highest BCUT2D eigenvalue weighted by atomic mass is 35.5. The largest absolute Gasteiger partial charge is 0.490 e. The zero-order chi connectivity index (χ0) is 38.0. The Labute approximate surface area is 320 Å². The number of pyridine rings is 1. The number of halogens is 1. The number of nitrogens with zero attached hydrogens (tertiary/aromatic N) is 2. The number of ether oxygens (including phenoxy) is 2. The summed E-state index contributed by atoms with van der Waals surface area (Å²) in [4.78, 5) is 31.4. The van der Waals surface area contributed by atoms with E-state index in [0.29, 0.717) is 49.5 Å². The molecular weight excluding hydrogens is 720 g/mol. The van der Waals surface area contributed by atoms with Crippen molar-refractivity contribution in [1.29, 1.82) is 0 Å². The summed E-state index contributed by atoms with van der Waals surface area (Å²) in [5, 5.41) is 50.4. The van der Waals surface area contributed by atoms with Gasteiger partial charge >= 0.3 is 0 Å². The van der Waals surface area contributed by atoms with Crippen LogP contribution in [0.4, 0.5) is 0 Å². The SMILES string of the molecule is CC(=O)CCCCCN(CCCSc1ccc(Cl)c(COC2(c3cnccc3-c3ccccc3OC3CC3)CC2)c1)C(=O)[C@@H](O)[C@@H](O)[C@H](O)[C@@H](O)CO. The molecule has 2 aliphatic carbocycles. The molecule has 2 fully saturated rings. The fourth-order valence-electron chi connectivity index (χ4n) is 6.21. The van der Waals surface area contributed by atoms with Crippen molar-refractivity contribution in [2.75, 3.05) is 25.4 Å². The van der Waals surface area contributed by atoms with Crippen LogP contribution in [-0.2, 0) is 26.5 Å². The fourth-order valence-corrected chi connectivity index (χ4v) is 7.28. The van der Waals surface area contributed by atoms with Gasteiger partial charge in [-0.05, 0) is 99.1 Å². The molecule has 288 valence electrons. The Morgan fingerprint density at radius 2 is 1.74 bits per heavy atom. The Bertz CT molecular complexity index is 1670. The number of aromatic nitrogens is 1. The van der Waals surface area contributed by atoms with Crippen molar-refractivity contribution < 1.29 is 44.6 Å². The first-order valence-corrected chi connectivity index (χ1v) is 19.8. The molecule has 53 heavy (non-hydrogen) atoms. The smallest absolute Gasteiger partial charge is 0.254 e. The molecule has 5 rings (SSSR count). The third kappa shape index (κ3) is 11.5. The number of carbonyl (C=O) groups excluding carboxylic acids is 2. The van der Waals surface area contributed by atoms with Gasteiger partial charge in [-0.2, -0.15) is 0 Å². The number of para-hydroxylation sites is 1. The van der Waals surface area contributed by atoms with E-state index < -0.39 is 42.5 Å². The van der Waals surface area contributed by atoms with Crippen LogP contribution >= 0.6 is 23.4 Å². The van der Waals surface area contributed by atoms with E-state index in [9.17, 15) is 30.0 Å². The average molecular weight is 771 g/mol. The summed E-state index contributed by atoms with van der Waals surface area (Å²) in [6, 6.07) is 15.9. The number of thioether (sulfide) groups is 1. The number of amides is 1. The van der Waals surface area contributed by atoms with Crippen molar-refractivity contribution in [1.82, 2.24) is 9.88 Å². The predicted molar refractivity (Wildman–Crippen MR) is 203 cm³/mol. The minimum atomic E-state index is -1.99. The molecule has 13 heteroatoms. The van der Waals surface area contributed by atoms with Crippen molar-refractivity contribution in [2.24, 2.45) is 0 Å². The van der Waals surface area contributed by atoms with Gasteiger partial charge in [-0.3, -0.25) is 9.78 Å². The van der Waals surface area contributed by atoms with E-state index in [1.165, 1.54) is 11.8 Å². The standard InChI is InChI=1S/C40H51ClN2O9S/c1-26(45)8-3-2-6-19-43(39(50)38(49)37(48)36(47)34(46)24-44)20-7-21-53-29-13-14-33(41)27(22-29)25-51-40(16-17-40)32-23-42-18-15-30(32)31-9-4-5-10-35(31)52-28-11-12-28/h4-5,9-10,13-15,18,22-23,28,34,36-38,44,46-49H,2-3,6-8,11-12,16-17,19-21,24-25H2,1H3/t34-,36+,37-,38-/m0/s1. The van der Waals surface area contributed by atoms with Gasteiger partial charge in [0, 0.05) is 52.9 Å². The minimum absolute atomic E-state index is 0.0904. The molecule has 2 aromatic carbocycles. The van der Waals surface area contributed by atoms with Crippen LogP contribution in [0.2, 0.25) is 5.02 Å². The summed E-state index contributed by atoms with van der Waals surface area (Å²) in [6.45, 7) is 1.56. The van der Waals surface area contributed by atoms with Crippen LogP contribution in [0, 0.1) is 0 Å². The molecule has 2 aliphatic rings. The Kier molecular flexibility index (Phi) is 15.1. The number of unbranched alkanes of at least 4 members (excludes halogenated alkanes) is 2. The van der Waals surface area contributed by atoms with E-state index in [-0.39, 0.29) is 25.0 Å². The van der Waals surface area contributed by atoms with Gasteiger partial charge in [-0.25, -0.2) is 0 Å². The van der Waals surface area contributed by atoms with Gasteiger partial charge in [0.05, 0.1) is 24.9 Å². The molecular formula is C40H51ClN2O9S. The lowest BCUT2D eigenvalue weighted by Crippen LogP contribution is -2.53. The summed E-state index contributed by atoms with van der Waals surface area (Å²) in [5.41, 5.74) is 3.49. The van der Waals surface area contributed by atoms with Crippen LogP contribution in [0.3, 0.4) is 0 Å². The van der Waals surface area contributed by atoms with Crippen LogP contribution in [0.1, 0.15) is 75.8 Å². The van der Waals surface area contributed by atoms with E-state index in [0.717, 1.165) is 58.6 Å². The number of rotatable bonds is 23. The summed E-state index contributed by atoms with van der Waals surface area (Å²) >= 11 is 8.24. The van der Waals surface area contributed by atoms with Crippen molar-refractivity contribution >= 4 is 35.1 Å². The Balaban J connectivity index is 1.18. The molecule has 5 N–H and O–H groups in total. The minimum Gasteiger partial charge on any atom is -0.490 e. The van der Waals surface area contributed by atoms with E-state index in [1.807, 2.05) is 48.7 Å². The number of Topliss-reactive ketones (excluding diaryl/α,β-unsaturated/α-hetero) is 1. The van der Waals surface area contributed by atoms with E-state index >= 15 is 0 Å². The maximum Gasteiger partial charge on any atom is 0.254 e. The quantitative estimate of drug-likeness (QED) is 0.0647. The molecule has 4 atom stereocenters. The second kappa shape index (κ2) is 19.5. The number of aliphatic hydroxyl groups excluding tert-OH is 5. The highest BCUT2D eigenvalue weighted by Gasteiger charge is 2.48. The Morgan fingerprint density at radius 1 is 0.981 bits per heavy atom. The summed E-state index contributed by atoms with van der Waals surface area (Å²) in [5.74, 6) is 0.807. The zero-order valence-electron chi connectivity index (χ0n) is 30.1. The van der Waals surface area contributed by atoms with E-state index in [1.54, 1.807) is 18.0 Å². The normalized spacial score (nSPS) is 17.1. The van der Waals surface area contributed by atoms with Gasteiger partial charge in [0.25, 0.3) is 5.91 Å². The fraction of sp³-hybridized carbons (Fsp3) is 0.525. The third-order valence-electron chi connectivity index (χ3n) is 9.65. The second-order valence-corrected chi connectivity index (χ2v) is 15.6. The number of carbonyl (C=O) groups is 2. The number of benzene rings is 2. The first-order valence-electron chi connectivity index (χ1n) is 18.4. The van der Waals surface area contributed by atoms with E-state index in [4.69, 9.17) is 26.2 Å². The lowest BCUT2D eigenvalue weighted by atomic mass is 9.96. The Morgan fingerprint density at radius 3 is 2.45 bits per heavy atom. The summed E-state index contributed by atoms with van der Waals surface area (Å²) < 4.78 is 12.9. The number of hydrogen-bond acceptors (Lipinski definition) is 11. The lowest BCUT2D eigenvalue weighted by Gasteiger charge is -2.30. The van der Waals surface area contributed by atoms with Crippen molar-refractivity contribution in [2.45, 2.75) is 112 Å². The highest BCUT2D eigenvalue weighted by molar-refractivity contribution is 7.99. The van der Waals surface area contributed by atoms with Gasteiger partial charge in [-0.1, -0.05) is 36.2 Å². The van der Waals surface area contributed by atoms with Crippen LogP contribution in [0.25, 0.3) is 11.1 Å². The first kappa shape index (κ1) is 41.1. The molecule has 0 spiro atoms. The highest BCUT2D eigenvalue weighted by Crippen LogP contribution is 2.53. The van der Waals surface area contributed by atoms with Crippen LogP contribution in [-0.4, -0.2) is 103 Å². The van der Waals surface area contributed by atoms with Crippen LogP contribution in [0.15, 0.2) is 65.8 Å². The maximum atomic E-state index is 13.2. The molecule has 3 aromatic rings. The third-order valence-corrected chi connectivity index (χ3v) is 11.1. The summed E-state index contributed by atoms with van der Waals surface area (Å²) in [7, 11) is 0. The van der Waals surface area contributed by atoms with Crippen LogP contribution in [0.5, 0.6) is 5.75 Å². The van der Waals surface area contributed by atoms with Gasteiger partial charge in [0.2, 0.25) is 0 Å². The van der Waals surface area contributed by atoms with Crippen LogP contribution < -0.4 is 4.74 Å². The topological polar surface area (TPSA) is 170 Å². The zero-order valence-corrected chi connectivity index (χ0v) is 31.7. The average Bonchev–Trinajstić information content (AvgIpc) is 4.12. The number of aliphatic hydroxyl groups is 5. The molecule has 11 nitrogen and oxygen atoms in total.